The van der Waals surface area contributed by atoms with Gasteiger partial charge in [0.25, 0.3) is 0 Å². The van der Waals surface area contributed by atoms with Gasteiger partial charge in [0.05, 0.1) is 11.8 Å². The molecule has 0 aliphatic carbocycles. The van der Waals surface area contributed by atoms with E-state index in [-0.39, 0.29) is 5.56 Å². The van der Waals surface area contributed by atoms with Crippen LogP contribution in [-0.4, -0.2) is 32.2 Å². The van der Waals surface area contributed by atoms with Crippen molar-refractivity contribution in [2.75, 3.05) is 0 Å². The average Bonchev–Trinajstić information content (AvgIpc) is 3.08. The van der Waals surface area contributed by atoms with E-state index >= 15 is 0 Å². The van der Waals surface area contributed by atoms with E-state index < -0.39 is 5.97 Å². The molecule has 1 aromatic heterocycles. The van der Waals surface area contributed by atoms with Crippen LogP contribution in [0.3, 0.4) is 0 Å². The maximum atomic E-state index is 11.4. The van der Waals surface area contributed by atoms with Crippen LogP contribution in [0.4, 0.5) is 0 Å². The topological polar surface area (TPSA) is 80.4 Å². The Morgan fingerprint density at radius 2 is 1.96 bits per heavy atom. The molecule has 0 aliphatic rings. The normalized spacial score (nSPS) is 11.2. The van der Waals surface area contributed by atoms with Crippen molar-refractivity contribution < 1.29 is 9.90 Å². The molecule has 0 aliphatic heterocycles. The largest absolute Gasteiger partial charge is 0.478 e. The van der Waals surface area contributed by atoms with E-state index in [0.717, 1.165) is 28.9 Å². The molecule has 1 heterocycles. The molecule has 3 rings (SSSR count). The van der Waals surface area contributed by atoms with Crippen LogP contribution >= 0.6 is 27.7 Å². The third-order valence-corrected chi connectivity index (χ3v) is 5.45. The number of halogens is 1. The zero-order valence-corrected chi connectivity index (χ0v) is 17.7. The molecule has 0 saturated carbocycles. The first-order valence-corrected chi connectivity index (χ1v) is 10.5. The number of carbonyl (C=O) groups is 1. The highest BCUT2D eigenvalue weighted by molar-refractivity contribution is 9.10. The molecule has 0 radical (unpaired) electrons. The summed E-state index contributed by atoms with van der Waals surface area (Å²) in [5.41, 5.74) is 1.91. The number of aryl methyl sites for hydroxylation is 1. The molecule has 0 amide bonds. The van der Waals surface area contributed by atoms with Gasteiger partial charge in [-0.25, -0.2) is 4.79 Å². The van der Waals surface area contributed by atoms with E-state index in [1.165, 1.54) is 5.56 Å². The van der Waals surface area contributed by atoms with Gasteiger partial charge in [-0.1, -0.05) is 64.9 Å². The molecule has 28 heavy (non-hydrogen) atoms. The van der Waals surface area contributed by atoms with E-state index in [4.69, 9.17) is 0 Å². The van der Waals surface area contributed by atoms with Gasteiger partial charge in [-0.2, -0.15) is 9.78 Å². The van der Waals surface area contributed by atoms with Gasteiger partial charge in [-0.3, -0.25) is 0 Å². The Bertz CT molecular complexity index is 986. The van der Waals surface area contributed by atoms with Crippen molar-refractivity contribution in [3.8, 4) is 0 Å². The summed E-state index contributed by atoms with van der Waals surface area (Å²) in [5.74, 6) is 0.507. The van der Waals surface area contributed by atoms with Crippen molar-refractivity contribution >= 4 is 39.9 Å². The standard InChI is InChI=1S/C20H19BrN4O2S/c1-2-5-18-23-24-20(28-13-14-8-10-16(21)11-9-14)25(18)22-12-15-6-3-4-7-17(15)19(26)27/h3-4,6-12H,2,5,13H2,1H3,(H,26,27)/b22-12-. The van der Waals surface area contributed by atoms with E-state index in [1.54, 1.807) is 46.9 Å². The van der Waals surface area contributed by atoms with Crippen LogP contribution in [0.2, 0.25) is 0 Å². The van der Waals surface area contributed by atoms with Crippen molar-refractivity contribution in [1.82, 2.24) is 14.9 Å². The van der Waals surface area contributed by atoms with Crippen molar-refractivity contribution in [1.29, 1.82) is 0 Å². The first-order chi connectivity index (χ1) is 13.6. The fourth-order valence-corrected chi connectivity index (χ4v) is 3.66. The van der Waals surface area contributed by atoms with Crippen molar-refractivity contribution in [3.63, 3.8) is 0 Å². The van der Waals surface area contributed by atoms with Crippen molar-refractivity contribution in [2.45, 2.75) is 30.7 Å². The predicted octanol–water partition coefficient (Wildman–Crippen LogP) is 4.87. The SMILES string of the molecule is CCCc1nnc(SCc2ccc(Br)cc2)n1/N=C\c1ccccc1C(=O)O. The zero-order chi connectivity index (χ0) is 19.9. The summed E-state index contributed by atoms with van der Waals surface area (Å²) in [4.78, 5) is 11.4. The van der Waals surface area contributed by atoms with Crippen molar-refractivity contribution in [3.05, 3.63) is 75.5 Å². The predicted molar refractivity (Wildman–Crippen MR) is 114 cm³/mol. The minimum absolute atomic E-state index is 0.209. The van der Waals surface area contributed by atoms with E-state index in [2.05, 4.69) is 50.3 Å². The van der Waals surface area contributed by atoms with Gasteiger partial charge < -0.3 is 5.11 Å². The number of aromatic carboxylic acids is 1. The number of aromatic nitrogens is 3. The van der Waals surface area contributed by atoms with Gasteiger partial charge >= 0.3 is 5.97 Å². The molecule has 0 bridgehead atoms. The summed E-state index contributed by atoms with van der Waals surface area (Å²) >= 11 is 4.98. The summed E-state index contributed by atoms with van der Waals surface area (Å²) in [5, 5.41) is 23.1. The number of hydrogen-bond acceptors (Lipinski definition) is 5. The smallest absolute Gasteiger partial charge is 0.336 e. The Kier molecular flexibility index (Phi) is 7.00. The third-order valence-electron chi connectivity index (χ3n) is 3.93. The Morgan fingerprint density at radius 3 is 2.68 bits per heavy atom. The van der Waals surface area contributed by atoms with Crippen LogP contribution in [0.15, 0.2) is 63.3 Å². The summed E-state index contributed by atoms with van der Waals surface area (Å²) in [7, 11) is 0. The number of hydrogen-bond donors (Lipinski definition) is 1. The number of nitrogens with zero attached hydrogens (tertiary/aromatic N) is 4. The third kappa shape index (κ3) is 5.08. The van der Waals surface area contributed by atoms with Gasteiger partial charge in [0.15, 0.2) is 5.82 Å². The number of carboxylic acids is 1. The van der Waals surface area contributed by atoms with Crippen molar-refractivity contribution in [2.24, 2.45) is 5.10 Å². The Labute approximate surface area is 175 Å². The van der Waals surface area contributed by atoms with Crippen LogP contribution in [0, 0.1) is 0 Å². The summed E-state index contributed by atoms with van der Waals surface area (Å²) < 4.78 is 2.74. The second-order valence-electron chi connectivity index (χ2n) is 6.01. The van der Waals surface area contributed by atoms with E-state index in [9.17, 15) is 9.90 Å². The van der Waals surface area contributed by atoms with E-state index in [1.807, 2.05) is 12.1 Å². The number of rotatable bonds is 8. The van der Waals surface area contributed by atoms with Gasteiger partial charge in [0.1, 0.15) is 0 Å². The lowest BCUT2D eigenvalue weighted by Crippen LogP contribution is -2.04. The zero-order valence-electron chi connectivity index (χ0n) is 15.2. The minimum Gasteiger partial charge on any atom is -0.478 e. The summed E-state index contributed by atoms with van der Waals surface area (Å²) in [6.45, 7) is 2.07. The van der Waals surface area contributed by atoms with Crippen LogP contribution in [0.25, 0.3) is 0 Å². The van der Waals surface area contributed by atoms with Crippen LogP contribution in [0.1, 0.15) is 40.7 Å². The molecule has 0 saturated heterocycles. The van der Waals surface area contributed by atoms with Crippen LogP contribution in [0.5, 0.6) is 0 Å². The molecule has 0 fully saturated rings. The second-order valence-corrected chi connectivity index (χ2v) is 7.87. The summed E-state index contributed by atoms with van der Waals surface area (Å²) in [6, 6.07) is 14.9. The molecule has 0 unspecified atom stereocenters. The second kappa shape index (κ2) is 9.66. The molecule has 6 nitrogen and oxygen atoms in total. The monoisotopic (exact) mass is 458 g/mol. The number of carboxylic acid groups (broad SMARTS) is 1. The van der Waals surface area contributed by atoms with Gasteiger partial charge in [-0.05, 0) is 30.2 Å². The molecular formula is C20H19BrN4O2S. The lowest BCUT2D eigenvalue weighted by Gasteiger charge is -2.05. The molecule has 8 heteroatoms. The Hall–Kier alpha value is -2.45. The maximum absolute atomic E-state index is 11.4. The quantitative estimate of drug-likeness (QED) is 0.384. The highest BCUT2D eigenvalue weighted by Gasteiger charge is 2.13. The Morgan fingerprint density at radius 1 is 1.21 bits per heavy atom. The number of benzene rings is 2. The fraction of sp³-hybridized carbons (Fsp3) is 0.200. The first-order valence-electron chi connectivity index (χ1n) is 8.76. The van der Waals surface area contributed by atoms with Gasteiger partial charge in [0.2, 0.25) is 5.16 Å². The fourth-order valence-electron chi connectivity index (χ4n) is 2.53. The highest BCUT2D eigenvalue weighted by atomic mass is 79.9. The van der Waals surface area contributed by atoms with Gasteiger partial charge in [-0.15, -0.1) is 10.2 Å². The first kappa shape index (κ1) is 20.3. The molecule has 3 aromatic rings. The average molecular weight is 459 g/mol. The number of thioether (sulfide) groups is 1. The molecular weight excluding hydrogens is 440 g/mol. The summed E-state index contributed by atoms with van der Waals surface area (Å²) in [6.07, 6.45) is 3.20. The minimum atomic E-state index is -0.982. The lowest BCUT2D eigenvalue weighted by atomic mass is 10.1. The highest BCUT2D eigenvalue weighted by Crippen LogP contribution is 2.23. The van der Waals surface area contributed by atoms with Gasteiger partial charge in [0, 0.05) is 22.2 Å². The van der Waals surface area contributed by atoms with Crippen LogP contribution in [-0.2, 0) is 12.2 Å². The maximum Gasteiger partial charge on any atom is 0.336 e. The Balaban J connectivity index is 1.85. The van der Waals surface area contributed by atoms with E-state index in [0.29, 0.717) is 10.7 Å². The molecule has 144 valence electrons. The molecule has 0 atom stereocenters. The molecule has 0 spiro atoms. The lowest BCUT2D eigenvalue weighted by molar-refractivity contribution is 0.0696. The van der Waals surface area contributed by atoms with Crippen LogP contribution < -0.4 is 0 Å². The molecule has 1 N–H and O–H groups in total. The molecule has 2 aromatic carbocycles.